The van der Waals surface area contributed by atoms with Gasteiger partial charge in [0.05, 0.1) is 17.4 Å². The molecule has 0 spiro atoms. The van der Waals surface area contributed by atoms with E-state index in [2.05, 4.69) is 15.9 Å². The number of piperazine rings is 1. The van der Waals surface area contributed by atoms with Gasteiger partial charge in [-0.05, 0) is 41.8 Å². The van der Waals surface area contributed by atoms with Crippen molar-refractivity contribution in [2.75, 3.05) is 39.3 Å². The van der Waals surface area contributed by atoms with E-state index in [0.717, 1.165) is 60.1 Å². The Morgan fingerprint density at radius 3 is 2.62 bits per heavy atom. The number of fused-ring (bicyclic) bond motifs is 2. The molecule has 4 nitrogen and oxygen atoms in total. The van der Waals surface area contributed by atoms with Gasteiger partial charge < -0.3 is 5.11 Å². The number of aliphatic hydroxyl groups is 1. The highest BCUT2D eigenvalue weighted by Crippen LogP contribution is 2.38. The molecule has 0 unspecified atom stereocenters. The second-order valence-electron chi connectivity index (χ2n) is 6.88. The van der Waals surface area contributed by atoms with E-state index in [4.69, 9.17) is 16.7 Å². The first-order valence-electron chi connectivity index (χ1n) is 9.04. The van der Waals surface area contributed by atoms with Crippen molar-refractivity contribution in [2.45, 2.75) is 22.3 Å². The van der Waals surface area contributed by atoms with Crippen LogP contribution in [0.2, 0.25) is 5.02 Å². The average molecular weight is 391 g/mol. The van der Waals surface area contributed by atoms with Crippen LogP contribution in [-0.4, -0.2) is 58.4 Å². The third-order valence-electron chi connectivity index (χ3n) is 5.38. The Morgan fingerprint density at radius 2 is 1.85 bits per heavy atom. The maximum absolute atomic E-state index is 13.2. The molecule has 1 saturated heterocycles. The molecule has 2 aliphatic heterocycles. The zero-order chi connectivity index (χ0) is 18.1. The van der Waals surface area contributed by atoms with Crippen LogP contribution in [0.4, 0.5) is 0 Å². The maximum Gasteiger partial charge on any atom is 0.0855 e. The number of rotatable bonds is 3. The van der Waals surface area contributed by atoms with Gasteiger partial charge in [0.15, 0.2) is 0 Å². The monoisotopic (exact) mass is 390 g/mol. The first-order valence-corrected chi connectivity index (χ1v) is 10.6. The van der Waals surface area contributed by atoms with Crippen molar-refractivity contribution >= 4 is 22.4 Å². The van der Waals surface area contributed by atoms with Crippen molar-refractivity contribution in [1.29, 1.82) is 0 Å². The molecule has 0 aliphatic carbocycles. The fourth-order valence-corrected chi connectivity index (χ4v) is 5.64. The number of β-amino-alcohol motifs (C(OH)–C–C–N with tert-alkyl or cyclic N) is 1. The van der Waals surface area contributed by atoms with E-state index >= 15 is 0 Å². The van der Waals surface area contributed by atoms with Crippen LogP contribution >= 0.6 is 11.6 Å². The van der Waals surface area contributed by atoms with E-state index in [1.54, 1.807) is 0 Å². The van der Waals surface area contributed by atoms with Gasteiger partial charge in [0.2, 0.25) is 0 Å². The summed E-state index contributed by atoms with van der Waals surface area (Å²) in [6, 6.07) is 14.0. The fourth-order valence-electron chi connectivity index (χ4n) is 4.02. The molecular formula is C20H23ClN2O2S. The largest absolute Gasteiger partial charge is 0.395 e. The third-order valence-corrected chi connectivity index (χ3v) is 7.18. The minimum Gasteiger partial charge on any atom is -0.395 e. The van der Waals surface area contributed by atoms with Crippen molar-refractivity contribution in [1.82, 2.24) is 9.80 Å². The molecule has 2 atom stereocenters. The molecular weight excluding hydrogens is 368 g/mol. The Labute approximate surface area is 161 Å². The van der Waals surface area contributed by atoms with Gasteiger partial charge >= 0.3 is 0 Å². The number of hydrogen-bond acceptors (Lipinski definition) is 4. The molecule has 2 heterocycles. The standard InChI is InChI=1S/C20H23ClN2O2S/c21-16-5-6-19-15(13-16)14-18(17-3-1-2-4-20(17)26(19)25)23-9-7-22(8-10-23)11-12-24/h1-6,13,18,24H,7-12,14H2/t18-,26+/m1/s1. The van der Waals surface area contributed by atoms with Crippen molar-refractivity contribution in [3.63, 3.8) is 0 Å². The molecule has 2 aromatic rings. The molecule has 138 valence electrons. The van der Waals surface area contributed by atoms with Crippen molar-refractivity contribution in [3.8, 4) is 0 Å². The predicted octanol–water partition coefficient (Wildman–Crippen LogP) is 2.71. The van der Waals surface area contributed by atoms with Gasteiger partial charge in [-0.2, -0.15) is 0 Å². The summed E-state index contributed by atoms with van der Waals surface area (Å²) >= 11 is 6.23. The fraction of sp³-hybridized carbons (Fsp3) is 0.400. The summed E-state index contributed by atoms with van der Waals surface area (Å²) in [6.07, 6.45) is 0.818. The normalized spacial score (nSPS) is 23.9. The van der Waals surface area contributed by atoms with Gasteiger partial charge in [-0.3, -0.25) is 9.80 Å². The van der Waals surface area contributed by atoms with Crippen molar-refractivity contribution in [2.24, 2.45) is 0 Å². The van der Waals surface area contributed by atoms with E-state index < -0.39 is 10.8 Å². The van der Waals surface area contributed by atoms with E-state index in [-0.39, 0.29) is 12.6 Å². The molecule has 0 amide bonds. The van der Waals surface area contributed by atoms with E-state index in [9.17, 15) is 4.21 Å². The molecule has 1 fully saturated rings. The van der Waals surface area contributed by atoms with Crippen LogP contribution < -0.4 is 0 Å². The second-order valence-corrected chi connectivity index (χ2v) is 8.73. The number of aliphatic hydroxyl groups excluding tert-OH is 1. The number of halogens is 1. The Hall–Kier alpha value is -1.24. The first kappa shape index (κ1) is 18.1. The van der Waals surface area contributed by atoms with Crippen molar-refractivity contribution in [3.05, 3.63) is 58.6 Å². The molecule has 2 aromatic carbocycles. The van der Waals surface area contributed by atoms with Crippen LogP contribution in [0.3, 0.4) is 0 Å². The summed E-state index contributed by atoms with van der Waals surface area (Å²) in [5.74, 6) is 0. The quantitative estimate of drug-likeness (QED) is 0.875. The number of hydrogen-bond donors (Lipinski definition) is 1. The third kappa shape index (κ3) is 3.47. The van der Waals surface area contributed by atoms with Gasteiger partial charge in [0.25, 0.3) is 0 Å². The minimum atomic E-state index is -1.18. The zero-order valence-electron chi connectivity index (χ0n) is 14.6. The summed E-state index contributed by atoms with van der Waals surface area (Å²) in [4.78, 5) is 6.57. The lowest BCUT2D eigenvalue weighted by molar-refractivity contribution is 0.0823. The summed E-state index contributed by atoms with van der Waals surface area (Å²) in [5, 5.41) is 9.86. The lowest BCUT2D eigenvalue weighted by atomic mass is 9.96. The molecule has 0 radical (unpaired) electrons. The van der Waals surface area contributed by atoms with Gasteiger partial charge in [-0.1, -0.05) is 29.8 Å². The lowest BCUT2D eigenvalue weighted by Gasteiger charge is -2.39. The molecule has 0 bridgehead atoms. The Morgan fingerprint density at radius 1 is 1.08 bits per heavy atom. The molecule has 4 rings (SSSR count). The highest BCUT2D eigenvalue weighted by molar-refractivity contribution is 7.85. The maximum atomic E-state index is 13.2. The zero-order valence-corrected chi connectivity index (χ0v) is 16.2. The smallest absolute Gasteiger partial charge is 0.0855 e. The van der Waals surface area contributed by atoms with E-state index in [0.29, 0.717) is 5.02 Å². The number of nitrogens with zero attached hydrogens (tertiary/aromatic N) is 2. The average Bonchev–Trinajstić information content (AvgIpc) is 2.78. The molecule has 0 aromatic heterocycles. The summed E-state index contributed by atoms with van der Waals surface area (Å²) in [5.41, 5.74) is 2.24. The molecule has 1 N–H and O–H groups in total. The van der Waals surface area contributed by atoms with E-state index in [1.807, 2.05) is 36.4 Å². The molecule has 2 aliphatic rings. The van der Waals surface area contributed by atoms with Crippen LogP contribution in [0, 0.1) is 0 Å². The van der Waals surface area contributed by atoms with Crippen LogP contribution in [0.15, 0.2) is 52.3 Å². The van der Waals surface area contributed by atoms with Gasteiger partial charge in [-0.25, -0.2) is 4.21 Å². The molecule has 0 saturated carbocycles. The van der Waals surface area contributed by atoms with Crippen molar-refractivity contribution < 1.29 is 9.32 Å². The minimum absolute atomic E-state index is 0.200. The Kier molecular flexibility index (Phi) is 5.43. The predicted molar refractivity (Wildman–Crippen MR) is 104 cm³/mol. The van der Waals surface area contributed by atoms with Gasteiger partial charge in [0, 0.05) is 53.6 Å². The van der Waals surface area contributed by atoms with Crippen LogP contribution in [0.5, 0.6) is 0 Å². The summed E-state index contributed by atoms with van der Waals surface area (Å²) < 4.78 is 13.2. The molecule has 26 heavy (non-hydrogen) atoms. The highest BCUT2D eigenvalue weighted by atomic mass is 35.5. The number of benzene rings is 2. The van der Waals surface area contributed by atoms with Gasteiger partial charge in [-0.15, -0.1) is 0 Å². The summed E-state index contributed by atoms with van der Waals surface area (Å²) in [7, 11) is -1.18. The van der Waals surface area contributed by atoms with Crippen LogP contribution in [-0.2, 0) is 17.2 Å². The SMILES string of the molecule is O=[S@]1c2ccc(Cl)cc2C[C@@H](N2CCN(CCO)CC2)c2ccccc21. The Balaban J connectivity index is 1.70. The highest BCUT2D eigenvalue weighted by Gasteiger charge is 2.32. The molecule has 6 heteroatoms. The van der Waals surface area contributed by atoms with E-state index in [1.165, 1.54) is 0 Å². The second kappa shape index (κ2) is 7.79. The van der Waals surface area contributed by atoms with Crippen LogP contribution in [0.25, 0.3) is 0 Å². The first-order chi connectivity index (χ1) is 12.7. The summed E-state index contributed by atoms with van der Waals surface area (Å²) in [6.45, 7) is 4.73. The van der Waals surface area contributed by atoms with Crippen LogP contribution in [0.1, 0.15) is 17.2 Å². The lowest BCUT2D eigenvalue weighted by Crippen LogP contribution is -2.48. The Bertz CT molecular complexity index is 821. The van der Waals surface area contributed by atoms with Gasteiger partial charge in [0.1, 0.15) is 0 Å². The topological polar surface area (TPSA) is 43.8 Å².